The van der Waals surface area contributed by atoms with Crippen molar-refractivity contribution in [1.29, 1.82) is 0 Å². The molecule has 0 aliphatic rings. The number of amides is 1. The Labute approximate surface area is 193 Å². The van der Waals surface area contributed by atoms with Gasteiger partial charge in [0.25, 0.3) is 5.91 Å². The van der Waals surface area contributed by atoms with Crippen LogP contribution in [-0.4, -0.2) is 44.4 Å². The fourth-order valence-corrected chi connectivity index (χ4v) is 2.94. The van der Waals surface area contributed by atoms with Crippen molar-refractivity contribution in [2.75, 3.05) is 26.1 Å². The minimum atomic E-state index is -0.548. The van der Waals surface area contributed by atoms with E-state index in [4.69, 9.17) is 20.1 Å². The Balaban J connectivity index is 2.36. The van der Waals surface area contributed by atoms with Crippen LogP contribution in [0.15, 0.2) is 46.5 Å². The molecule has 2 rings (SSSR count). The zero-order valence-electron chi connectivity index (χ0n) is 19.8. The Bertz CT molecular complexity index is 1070. The number of hydrogen-bond acceptors (Lipinski definition) is 8. The van der Waals surface area contributed by atoms with Crippen LogP contribution in [0.3, 0.4) is 0 Å². The second-order valence-corrected chi connectivity index (χ2v) is 8.14. The van der Waals surface area contributed by atoms with Crippen LogP contribution in [0.25, 0.3) is 0 Å². The first-order chi connectivity index (χ1) is 15.6. The SMILES string of the molecule is COc1ccc(OC)c(N=C(C)/C(=N\N)C(=O)Nc2cc(OCC=O)cc(C(C)(C)C)c2)c1. The maximum atomic E-state index is 13.0. The van der Waals surface area contributed by atoms with E-state index in [1.807, 2.05) is 32.9 Å². The van der Waals surface area contributed by atoms with Crippen LogP contribution >= 0.6 is 0 Å². The molecule has 0 fully saturated rings. The molecule has 9 heteroatoms. The minimum absolute atomic E-state index is 0.0589. The number of nitrogens with zero attached hydrogens (tertiary/aromatic N) is 2. The van der Waals surface area contributed by atoms with E-state index in [0.29, 0.717) is 34.9 Å². The first-order valence-electron chi connectivity index (χ1n) is 10.2. The fourth-order valence-electron chi connectivity index (χ4n) is 2.94. The topological polar surface area (TPSA) is 125 Å². The van der Waals surface area contributed by atoms with Crippen molar-refractivity contribution in [1.82, 2.24) is 0 Å². The van der Waals surface area contributed by atoms with Crippen LogP contribution in [-0.2, 0) is 15.0 Å². The molecule has 2 aromatic rings. The third-order valence-corrected chi connectivity index (χ3v) is 4.71. The van der Waals surface area contributed by atoms with Crippen LogP contribution in [0.2, 0.25) is 0 Å². The molecular formula is C24H30N4O5. The number of benzene rings is 2. The lowest BCUT2D eigenvalue weighted by atomic mass is 9.86. The van der Waals surface area contributed by atoms with Gasteiger partial charge >= 0.3 is 0 Å². The van der Waals surface area contributed by atoms with Gasteiger partial charge < -0.3 is 25.4 Å². The predicted octanol–water partition coefficient (Wildman–Crippen LogP) is 3.62. The number of nitrogens with two attached hydrogens (primary N) is 1. The number of carbonyl (C=O) groups excluding carboxylic acids is 2. The highest BCUT2D eigenvalue weighted by Crippen LogP contribution is 2.32. The molecule has 0 unspecified atom stereocenters. The van der Waals surface area contributed by atoms with Gasteiger partial charge in [-0.25, -0.2) is 4.99 Å². The van der Waals surface area contributed by atoms with E-state index in [1.165, 1.54) is 7.11 Å². The molecular weight excluding hydrogens is 424 g/mol. The second-order valence-electron chi connectivity index (χ2n) is 8.14. The molecule has 2 aromatic carbocycles. The van der Waals surface area contributed by atoms with Crippen molar-refractivity contribution in [2.24, 2.45) is 15.9 Å². The van der Waals surface area contributed by atoms with E-state index in [0.717, 1.165) is 5.56 Å². The standard InChI is InChI=1S/C24H30N4O5/c1-15(26-20-14-18(31-5)7-8-21(20)32-6)22(28-25)23(30)27-17-11-16(24(2,3)4)12-19(13-17)33-10-9-29/h7-9,11-14H,10,25H2,1-6H3,(H,27,30)/b26-15?,28-22+. The summed E-state index contributed by atoms with van der Waals surface area (Å²) in [6, 6.07) is 10.4. The van der Waals surface area contributed by atoms with E-state index >= 15 is 0 Å². The van der Waals surface area contributed by atoms with Crippen LogP contribution in [0.4, 0.5) is 11.4 Å². The highest BCUT2D eigenvalue weighted by Gasteiger charge is 2.20. The monoisotopic (exact) mass is 454 g/mol. The lowest BCUT2D eigenvalue weighted by Gasteiger charge is -2.21. The maximum absolute atomic E-state index is 13.0. The lowest BCUT2D eigenvalue weighted by Crippen LogP contribution is -2.30. The molecule has 3 N–H and O–H groups in total. The van der Waals surface area contributed by atoms with Crippen molar-refractivity contribution in [2.45, 2.75) is 33.1 Å². The van der Waals surface area contributed by atoms with Crippen molar-refractivity contribution in [3.05, 3.63) is 42.0 Å². The van der Waals surface area contributed by atoms with Crippen LogP contribution in [0, 0.1) is 0 Å². The number of hydrazone groups is 1. The maximum Gasteiger partial charge on any atom is 0.277 e. The Morgan fingerprint density at radius 2 is 1.82 bits per heavy atom. The molecule has 9 nitrogen and oxygen atoms in total. The number of methoxy groups -OCH3 is 2. The molecule has 0 bridgehead atoms. The summed E-state index contributed by atoms with van der Waals surface area (Å²) in [6.45, 7) is 7.62. The summed E-state index contributed by atoms with van der Waals surface area (Å²) in [7, 11) is 3.06. The fraction of sp³-hybridized carbons (Fsp3) is 0.333. The molecule has 176 valence electrons. The van der Waals surface area contributed by atoms with Gasteiger partial charge in [-0.05, 0) is 42.2 Å². The number of anilines is 1. The normalized spacial score (nSPS) is 12.2. The van der Waals surface area contributed by atoms with Gasteiger partial charge in [-0.15, -0.1) is 0 Å². The summed E-state index contributed by atoms with van der Waals surface area (Å²) in [5.41, 5.74) is 1.86. The van der Waals surface area contributed by atoms with Gasteiger partial charge in [-0.2, -0.15) is 5.10 Å². The number of hydrogen-bond donors (Lipinski definition) is 2. The van der Waals surface area contributed by atoms with E-state index in [-0.39, 0.29) is 23.4 Å². The lowest BCUT2D eigenvalue weighted by molar-refractivity contribution is -0.110. The number of aliphatic imine (C=N–C) groups is 1. The Morgan fingerprint density at radius 1 is 1.09 bits per heavy atom. The molecule has 33 heavy (non-hydrogen) atoms. The average Bonchev–Trinajstić information content (AvgIpc) is 2.77. The second kappa shape index (κ2) is 11.1. The predicted molar refractivity (Wildman–Crippen MR) is 129 cm³/mol. The molecule has 0 saturated heterocycles. The van der Waals surface area contributed by atoms with Gasteiger partial charge in [-0.3, -0.25) is 9.59 Å². The number of ether oxygens (including phenoxy) is 3. The first-order valence-corrected chi connectivity index (χ1v) is 10.2. The van der Waals surface area contributed by atoms with E-state index in [1.54, 1.807) is 38.3 Å². The third-order valence-electron chi connectivity index (χ3n) is 4.71. The number of aldehydes is 1. The quantitative estimate of drug-likeness (QED) is 0.258. The molecule has 0 aromatic heterocycles. The first kappa shape index (κ1) is 25.4. The van der Waals surface area contributed by atoms with Crippen molar-refractivity contribution >= 4 is 35.0 Å². The summed E-state index contributed by atoms with van der Waals surface area (Å²) in [5, 5.41) is 6.43. The minimum Gasteiger partial charge on any atom is -0.497 e. The third kappa shape index (κ3) is 6.80. The number of rotatable bonds is 9. The molecule has 0 spiro atoms. The van der Waals surface area contributed by atoms with Crippen molar-refractivity contribution in [3.63, 3.8) is 0 Å². The van der Waals surface area contributed by atoms with Crippen LogP contribution in [0.5, 0.6) is 17.2 Å². The molecule has 0 heterocycles. The molecule has 0 aliphatic carbocycles. The average molecular weight is 455 g/mol. The zero-order valence-corrected chi connectivity index (χ0v) is 19.8. The van der Waals surface area contributed by atoms with Gasteiger partial charge in [0.05, 0.1) is 19.9 Å². The summed E-state index contributed by atoms with van der Waals surface area (Å²) < 4.78 is 16.0. The molecule has 0 radical (unpaired) electrons. The van der Waals surface area contributed by atoms with E-state index < -0.39 is 5.91 Å². The number of carbonyl (C=O) groups is 2. The molecule has 1 amide bonds. The van der Waals surface area contributed by atoms with Crippen LogP contribution < -0.4 is 25.4 Å². The van der Waals surface area contributed by atoms with E-state index in [9.17, 15) is 9.59 Å². The van der Waals surface area contributed by atoms with Crippen molar-refractivity contribution in [3.8, 4) is 17.2 Å². The summed E-state index contributed by atoms with van der Waals surface area (Å²) in [5.74, 6) is 6.53. The molecule has 0 atom stereocenters. The Morgan fingerprint density at radius 3 is 2.39 bits per heavy atom. The van der Waals surface area contributed by atoms with E-state index in [2.05, 4.69) is 15.4 Å². The van der Waals surface area contributed by atoms with Crippen molar-refractivity contribution < 1.29 is 23.8 Å². The summed E-state index contributed by atoms with van der Waals surface area (Å²) >= 11 is 0. The largest absolute Gasteiger partial charge is 0.497 e. The van der Waals surface area contributed by atoms with Gasteiger partial charge in [0, 0.05) is 17.8 Å². The summed E-state index contributed by atoms with van der Waals surface area (Å²) in [4.78, 5) is 28.2. The number of nitrogens with one attached hydrogen (secondary N) is 1. The zero-order chi connectivity index (χ0) is 24.6. The van der Waals surface area contributed by atoms with Gasteiger partial charge in [0.2, 0.25) is 0 Å². The van der Waals surface area contributed by atoms with Crippen LogP contribution in [0.1, 0.15) is 33.3 Å². The highest BCUT2D eigenvalue weighted by atomic mass is 16.5. The van der Waals surface area contributed by atoms with Gasteiger partial charge in [0.15, 0.2) is 12.0 Å². The van der Waals surface area contributed by atoms with Gasteiger partial charge in [0.1, 0.15) is 29.5 Å². The smallest absolute Gasteiger partial charge is 0.277 e. The summed E-state index contributed by atoms with van der Waals surface area (Å²) in [6.07, 6.45) is 0.661. The highest BCUT2D eigenvalue weighted by molar-refractivity contribution is 6.68. The Hall–Kier alpha value is -3.88. The Kier molecular flexibility index (Phi) is 8.56. The van der Waals surface area contributed by atoms with Gasteiger partial charge in [-0.1, -0.05) is 20.8 Å². The molecule has 0 saturated carbocycles. The molecule has 0 aliphatic heterocycles.